The summed E-state index contributed by atoms with van der Waals surface area (Å²) in [5.74, 6) is 0.298. The van der Waals surface area contributed by atoms with Crippen LogP contribution in [0.5, 0.6) is 0 Å². The Bertz CT molecular complexity index is 980. The normalized spacial score (nSPS) is 11.7. The van der Waals surface area contributed by atoms with Crippen molar-refractivity contribution >= 4 is 11.5 Å². The van der Waals surface area contributed by atoms with E-state index in [1.165, 1.54) is 12.1 Å². The molecule has 9 heteroatoms. The number of hydrogen-bond acceptors (Lipinski definition) is 4. The van der Waals surface area contributed by atoms with Crippen LogP contribution in [0.15, 0.2) is 66.1 Å². The maximum atomic E-state index is 13.1. The molecule has 0 aliphatic heterocycles. The Morgan fingerprint density at radius 1 is 1.25 bits per heavy atom. The van der Waals surface area contributed by atoms with Crippen molar-refractivity contribution in [3.8, 4) is 11.1 Å². The van der Waals surface area contributed by atoms with E-state index < -0.39 is 11.9 Å². The van der Waals surface area contributed by atoms with Crippen LogP contribution in [0.4, 0.5) is 17.6 Å². The Labute approximate surface area is 184 Å². The van der Waals surface area contributed by atoms with Gasteiger partial charge >= 0.3 is 6.18 Å². The van der Waals surface area contributed by atoms with E-state index in [1.807, 2.05) is 32.2 Å². The second kappa shape index (κ2) is 12.4. The molecule has 0 amide bonds. The molecule has 0 saturated carbocycles. The van der Waals surface area contributed by atoms with Crippen molar-refractivity contribution in [1.82, 2.24) is 10.3 Å². The summed E-state index contributed by atoms with van der Waals surface area (Å²) in [5.41, 5.74) is 2.07. The number of amidine groups is 1. The number of aliphatic hydroxyl groups excluding tert-OH is 1. The van der Waals surface area contributed by atoms with E-state index in [9.17, 15) is 22.7 Å². The van der Waals surface area contributed by atoms with Crippen molar-refractivity contribution in [2.45, 2.75) is 33.4 Å². The number of hydrogen-bond donors (Lipinski definition) is 3. The Hall–Kier alpha value is -3.49. The number of aliphatic imine (C=N–C) groups is 1. The average molecular weight is 450 g/mol. The lowest BCUT2D eigenvalue weighted by atomic mass is 10.0. The van der Waals surface area contributed by atoms with E-state index in [4.69, 9.17) is 5.41 Å². The van der Waals surface area contributed by atoms with Crippen LogP contribution in [0, 0.1) is 18.2 Å². The molecule has 0 atom stereocenters. The third-order valence-electron chi connectivity index (χ3n) is 3.94. The number of halogens is 4. The van der Waals surface area contributed by atoms with E-state index in [2.05, 4.69) is 21.9 Å². The Balaban J connectivity index is 0.000000633. The van der Waals surface area contributed by atoms with Crippen molar-refractivity contribution in [3.05, 3.63) is 78.2 Å². The molecule has 0 unspecified atom stereocenters. The van der Waals surface area contributed by atoms with Crippen molar-refractivity contribution < 1.29 is 22.7 Å². The first-order valence-corrected chi connectivity index (χ1v) is 9.63. The first-order valence-electron chi connectivity index (χ1n) is 9.63. The van der Waals surface area contributed by atoms with Crippen LogP contribution in [0.3, 0.4) is 0 Å². The van der Waals surface area contributed by atoms with Crippen molar-refractivity contribution in [1.29, 1.82) is 5.41 Å². The summed E-state index contributed by atoms with van der Waals surface area (Å²) in [5, 5.41) is 18.5. The van der Waals surface area contributed by atoms with Crippen LogP contribution in [0.25, 0.3) is 11.1 Å². The minimum atomic E-state index is -4.42. The number of allylic oxidation sites excluding steroid dienone is 1. The van der Waals surface area contributed by atoms with Gasteiger partial charge in [-0.3, -0.25) is 9.98 Å². The van der Waals surface area contributed by atoms with E-state index in [-0.39, 0.29) is 18.1 Å². The summed E-state index contributed by atoms with van der Waals surface area (Å²) in [6.45, 7) is 8.19. The lowest BCUT2D eigenvalue weighted by Gasteiger charge is -2.12. The topological polar surface area (TPSA) is 81.4 Å². The molecule has 0 spiro atoms. The molecule has 0 bridgehead atoms. The summed E-state index contributed by atoms with van der Waals surface area (Å²) >= 11 is 0. The minimum Gasteiger partial charge on any atom is -0.511 e. The van der Waals surface area contributed by atoms with Crippen molar-refractivity contribution in [2.75, 3.05) is 6.54 Å². The predicted molar refractivity (Wildman–Crippen MR) is 120 cm³/mol. The molecule has 0 saturated heterocycles. The third kappa shape index (κ3) is 9.11. The fourth-order valence-corrected chi connectivity index (χ4v) is 2.21. The van der Waals surface area contributed by atoms with Gasteiger partial charge in [-0.15, -0.1) is 0 Å². The number of aryl methyl sites for hydroxylation is 1. The van der Waals surface area contributed by atoms with Crippen LogP contribution < -0.4 is 5.32 Å². The molecule has 2 aromatic rings. The van der Waals surface area contributed by atoms with E-state index in [1.54, 1.807) is 18.3 Å². The molecule has 0 aliphatic rings. The highest BCUT2D eigenvalue weighted by molar-refractivity contribution is 6.01. The molecule has 0 aliphatic carbocycles. The lowest BCUT2D eigenvalue weighted by molar-refractivity contribution is -0.0599. The van der Waals surface area contributed by atoms with Gasteiger partial charge in [-0.05, 0) is 50.2 Å². The van der Waals surface area contributed by atoms with Crippen LogP contribution in [-0.4, -0.2) is 34.4 Å². The molecule has 172 valence electrons. The Morgan fingerprint density at radius 2 is 1.84 bits per heavy atom. The smallest absolute Gasteiger partial charge is 0.428 e. The van der Waals surface area contributed by atoms with Gasteiger partial charge in [-0.1, -0.05) is 31.7 Å². The fraction of sp³-hybridized carbons (Fsp3) is 0.261. The third-order valence-corrected chi connectivity index (χ3v) is 3.94. The highest BCUT2D eigenvalue weighted by Crippen LogP contribution is 2.21. The van der Waals surface area contributed by atoms with Gasteiger partial charge in [-0.2, -0.15) is 13.2 Å². The van der Waals surface area contributed by atoms with Crippen LogP contribution in [-0.2, 0) is 0 Å². The number of aromatic nitrogens is 1. The quantitative estimate of drug-likeness (QED) is 0.215. The molecule has 1 heterocycles. The highest BCUT2D eigenvalue weighted by atomic mass is 19.4. The molecular formula is C23H26F4N4O. The fourth-order valence-electron chi connectivity index (χ4n) is 2.21. The molecule has 32 heavy (non-hydrogen) atoms. The van der Waals surface area contributed by atoms with E-state index in [0.717, 1.165) is 28.8 Å². The van der Waals surface area contributed by atoms with Gasteiger partial charge in [-0.25, -0.2) is 4.39 Å². The molecule has 5 nitrogen and oxygen atoms in total. The summed E-state index contributed by atoms with van der Waals surface area (Å²) in [6, 6.07) is 8.20. The lowest BCUT2D eigenvalue weighted by Crippen LogP contribution is -2.21. The van der Waals surface area contributed by atoms with Gasteiger partial charge in [0.1, 0.15) is 23.1 Å². The molecule has 0 fully saturated rings. The van der Waals surface area contributed by atoms with Crippen LogP contribution >= 0.6 is 0 Å². The van der Waals surface area contributed by atoms with E-state index >= 15 is 0 Å². The molecule has 1 aromatic carbocycles. The second-order valence-electron chi connectivity index (χ2n) is 6.67. The predicted octanol–water partition coefficient (Wildman–Crippen LogP) is 6.12. The van der Waals surface area contributed by atoms with Crippen molar-refractivity contribution in [2.24, 2.45) is 4.99 Å². The number of pyridine rings is 1. The van der Waals surface area contributed by atoms with Crippen molar-refractivity contribution in [3.63, 3.8) is 0 Å². The summed E-state index contributed by atoms with van der Waals surface area (Å²) < 4.78 is 46.0. The number of aliphatic hydroxyl groups is 1. The Kier molecular flexibility index (Phi) is 10.3. The number of rotatable bonds is 6. The molecule has 1 aromatic heterocycles. The molecule has 3 N–H and O–H groups in total. The summed E-state index contributed by atoms with van der Waals surface area (Å²) in [4.78, 5) is 8.81. The average Bonchev–Trinajstić information content (AvgIpc) is 2.71. The van der Waals surface area contributed by atoms with Gasteiger partial charge in [0.25, 0.3) is 0 Å². The molecule has 0 radical (unpaired) electrons. The summed E-state index contributed by atoms with van der Waals surface area (Å²) in [6.07, 6.45) is 2.00. The zero-order valence-corrected chi connectivity index (χ0v) is 18.1. The molecule has 2 rings (SSSR count). The Morgan fingerprint density at radius 3 is 2.34 bits per heavy atom. The number of nitrogens with one attached hydrogen (secondary N) is 2. The van der Waals surface area contributed by atoms with Gasteiger partial charge < -0.3 is 15.8 Å². The molecular weight excluding hydrogens is 424 g/mol. The van der Waals surface area contributed by atoms with Gasteiger partial charge in [0.15, 0.2) is 0 Å². The minimum absolute atomic E-state index is 0.0147. The van der Waals surface area contributed by atoms with Gasteiger partial charge in [0.2, 0.25) is 0 Å². The first kappa shape index (κ1) is 26.5. The van der Waals surface area contributed by atoms with Crippen LogP contribution in [0.2, 0.25) is 0 Å². The summed E-state index contributed by atoms with van der Waals surface area (Å²) in [7, 11) is 0. The van der Waals surface area contributed by atoms with E-state index in [0.29, 0.717) is 12.8 Å². The maximum absolute atomic E-state index is 13.1. The number of alkyl halides is 3. The zero-order chi connectivity index (χ0) is 24.3. The SMILES string of the molecule is C=C(O)CN=C(N/C=C/CC)c1cc(-c2ccc(F)cc2)cnc1C.CC(=N)C(F)(F)F. The van der Waals surface area contributed by atoms with Gasteiger partial charge in [0.05, 0.1) is 6.54 Å². The van der Waals surface area contributed by atoms with Gasteiger partial charge in [0, 0.05) is 23.0 Å². The second-order valence-corrected chi connectivity index (χ2v) is 6.67. The monoisotopic (exact) mass is 450 g/mol. The zero-order valence-electron chi connectivity index (χ0n) is 18.1. The standard InChI is InChI=1S/C20H22FN3O.C3H4F3N/c1-4-5-10-22-20(24-12-14(2)25)19-11-17(13-23-15(19)3)16-6-8-18(21)9-7-16;1-2(7)3(4,5)6/h5-11,13,25H,2,4,12H2,1,3H3,(H,22,24);7H,1H3/b10-5+;. The number of nitrogens with zero attached hydrogens (tertiary/aromatic N) is 2. The largest absolute Gasteiger partial charge is 0.511 e. The number of benzene rings is 1. The highest BCUT2D eigenvalue weighted by Gasteiger charge is 2.29. The maximum Gasteiger partial charge on any atom is 0.428 e. The first-order chi connectivity index (χ1) is 15.0. The van der Waals surface area contributed by atoms with Crippen LogP contribution in [0.1, 0.15) is 31.5 Å².